The number of phenolic OH excluding ortho intramolecular Hbond substituents is 1. The number of fused-ring (bicyclic) bond motifs is 1. The van der Waals surface area contributed by atoms with Crippen LogP contribution in [0.2, 0.25) is 0 Å². The molecule has 5 heteroatoms. The molecule has 0 atom stereocenters. The van der Waals surface area contributed by atoms with Crippen LogP contribution in [0.4, 0.5) is 0 Å². The molecule has 0 fully saturated rings. The Hall–Kier alpha value is -2.30. The summed E-state index contributed by atoms with van der Waals surface area (Å²) >= 11 is 0. The number of phenols is 1. The lowest BCUT2D eigenvalue weighted by molar-refractivity contribution is 0.0959. The molecule has 0 bridgehead atoms. The van der Waals surface area contributed by atoms with Gasteiger partial charge in [-0.05, 0) is 18.2 Å². The highest BCUT2D eigenvalue weighted by molar-refractivity contribution is 5.96. The molecule has 0 aliphatic carbocycles. The summed E-state index contributed by atoms with van der Waals surface area (Å²) in [5.74, 6) is -0.313. The lowest BCUT2D eigenvalue weighted by Crippen LogP contribution is -2.24. The van der Waals surface area contributed by atoms with Crippen LogP contribution in [0.3, 0.4) is 0 Å². The highest BCUT2D eigenvalue weighted by Gasteiger charge is 2.09. The second kappa shape index (κ2) is 3.69. The molecular formula is C11H10N2O3. The molecule has 3 N–H and O–H groups in total. The van der Waals surface area contributed by atoms with Crippen molar-refractivity contribution >= 4 is 16.9 Å². The number of benzene rings is 1. The summed E-state index contributed by atoms with van der Waals surface area (Å²) in [7, 11) is 1.49. The molecule has 0 aliphatic heterocycles. The average Bonchev–Trinajstić information content (AvgIpc) is 2.27. The number of hydrogen-bond acceptors (Lipinski definition) is 4. The highest BCUT2D eigenvalue weighted by atomic mass is 16.3. The second-order valence-electron chi connectivity index (χ2n) is 3.29. The molecule has 0 radical (unpaired) electrons. The number of carbonyl (C=O) groups excluding carboxylic acids is 1. The van der Waals surface area contributed by atoms with Crippen molar-refractivity contribution in [1.29, 1.82) is 5.41 Å². The first-order chi connectivity index (χ1) is 7.61. The minimum atomic E-state index is -0.372. The zero-order valence-corrected chi connectivity index (χ0v) is 8.57. The highest BCUT2D eigenvalue weighted by Crippen LogP contribution is 2.18. The molecule has 1 heterocycles. The lowest BCUT2D eigenvalue weighted by Gasteiger charge is -2.02. The molecule has 0 unspecified atom stereocenters. The minimum absolute atomic E-state index is 0.0587. The Balaban J connectivity index is 2.72. The van der Waals surface area contributed by atoms with Crippen LogP contribution in [0.5, 0.6) is 5.75 Å². The molecule has 0 saturated heterocycles. The van der Waals surface area contributed by atoms with Gasteiger partial charge in [-0.15, -0.1) is 0 Å². The van der Waals surface area contributed by atoms with E-state index < -0.39 is 0 Å². The number of hydrogen-bond donors (Lipinski definition) is 3. The van der Waals surface area contributed by atoms with Gasteiger partial charge < -0.3 is 14.8 Å². The molecule has 0 saturated carbocycles. The summed E-state index contributed by atoms with van der Waals surface area (Å²) in [5, 5.41) is 19.9. The summed E-state index contributed by atoms with van der Waals surface area (Å²) in [6, 6.07) is 6.08. The van der Waals surface area contributed by atoms with E-state index in [0.717, 1.165) is 0 Å². The van der Waals surface area contributed by atoms with Crippen molar-refractivity contribution in [1.82, 2.24) is 5.32 Å². The largest absolute Gasteiger partial charge is 0.508 e. The quantitative estimate of drug-likeness (QED) is 0.666. The first-order valence-electron chi connectivity index (χ1n) is 4.65. The van der Waals surface area contributed by atoms with Crippen LogP contribution in [0.15, 0.2) is 28.7 Å². The van der Waals surface area contributed by atoms with E-state index in [4.69, 9.17) is 9.83 Å². The SMILES string of the molecule is CNC(=O)c1cc2ccc(O)cc2oc1=N. The van der Waals surface area contributed by atoms with E-state index >= 15 is 0 Å². The van der Waals surface area contributed by atoms with Crippen LogP contribution in [-0.4, -0.2) is 18.1 Å². The van der Waals surface area contributed by atoms with Crippen molar-refractivity contribution in [3.05, 3.63) is 35.4 Å². The minimum Gasteiger partial charge on any atom is -0.508 e. The molecule has 2 rings (SSSR count). The fraction of sp³-hybridized carbons (Fsp3) is 0.0909. The normalized spacial score (nSPS) is 10.3. The van der Waals surface area contributed by atoms with Gasteiger partial charge in [0.05, 0.1) is 0 Å². The monoisotopic (exact) mass is 218 g/mol. The third-order valence-corrected chi connectivity index (χ3v) is 2.23. The number of nitrogens with one attached hydrogen (secondary N) is 2. The van der Waals surface area contributed by atoms with Crippen LogP contribution in [-0.2, 0) is 0 Å². The average molecular weight is 218 g/mol. The van der Waals surface area contributed by atoms with E-state index in [-0.39, 0.29) is 22.8 Å². The van der Waals surface area contributed by atoms with E-state index in [2.05, 4.69) is 5.32 Å². The molecule has 82 valence electrons. The van der Waals surface area contributed by atoms with Crippen molar-refractivity contribution in [2.24, 2.45) is 0 Å². The Morgan fingerprint density at radius 1 is 1.44 bits per heavy atom. The van der Waals surface area contributed by atoms with Crippen molar-refractivity contribution in [2.45, 2.75) is 0 Å². The van der Waals surface area contributed by atoms with Gasteiger partial charge in [-0.1, -0.05) is 0 Å². The maximum atomic E-state index is 11.4. The molecule has 0 spiro atoms. The number of rotatable bonds is 1. The molecule has 0 aliphatic rings. The molecule has 1 aromatic heterocycles. The topological polar surface area (TPSA) is 86.3 Å². The van der Waals surface area contributed by atoms with Gasteiger partial charge in [0.2, 0.25) is 5.55 Å². The van der Waals surface area contributed by atoms with E-state index in [9.17, 15) is 9.90 Å². The Kier molecular flexibility index (Phi) is 2.36. The van der Waals surface area contributed by atoms with E-state index in [1.54, 1.807) is 12.1 Å². The maximum absolute atomic E-state index is 11.4. The summed E-state index contributed by atoms with van der Waals surface area (Å²) in [6.45, 7) is 0. The predicted octanol–water partition coefficient (Wildman–Crippen LogP) is 0.977. The van der Waals surface area contributed by atoms with Crippen LogP contribution >= 0.6 is 0 Å². The van der Waals surface area contributed by atoms with Gasteiger partial charge in [0.1, 0.15) is 16.9 Å². The molecule has 1 aromatic carbocycles. The summed E-state index contributed by atoms with van der Waals surface area (Å²) in [4.78, 5) is 11.4. The van der Waals surface area contributed by atoms with Crippen LogP contribution in [0, 0.1) is 5.41 Å². The van der Waals surface area contributed by atoms with E-state index in [1.165, 1.54) is 19.2 Å². The van der Waals surface area contributed by atoms with Crippen LogP contribution in [0.25, 0.3) is 11.0 Å². The molecular weight excluding hydrogens is 208 g/mol. The van der Waals surface area contributed by atoms with Gasteiger partial charge in [0, 0.05) is 18.5 Å². The Morgan fingerprint density at radius 3 is 2.88 bits per heavy atom. The number of amides is 1. The molecule has 2 aromatic rings. The first kappa shape index (κ1) is 10.2. The summed E-state index contributed by atoms with van der Waals surface area (Å²) in [6.07, 6.45) is 0. The zero-order chi connectivity index (χ0) is 11.7. The Bertz CT molecular complexity index is 616. The van der Waals surface area contributed by atoms with Gasteiger partial charge in [-0.25, -0.2) is 0 Å². The predicted molar refractivity (Wildman–Crippen MR) is 57.1 cm³/mol. The second-order valence-corrected chi connectivity index (χ2v) is 3.29. The third-order valence-electron chi connectivity index (χ3n) is 2.23. The fourth-order valence-electron chi connectivity index (χ4n) is 1.42. The van der Waals surface area contributed by atoms with Gasteiger partial charge in [-0.2, -0.15) is 0 Å². The van der Waals surface area contributed by atoms with Crippen molar-refractivity contribution in [2.75, 3.05) is 7.05 Å². The van der Waals surface area contributed by atoms with Gasteiger partial charge in [0.25, 0.3) is 5.91 Å². The van der Waals surface area contributed by atoms with E-state index in [0.29, 0.717) is 11.0 Å². The molecule has 16 heavy (non-hydrogen) atoms. The Morgan fingerprint density at radius 2 is 2.19 bits per heavy atom. The van der Waals surface area contributed by atoms with Crippen molar-refractivity contribution in [3.63, 3.8) is 0 Å². The summed E-state index contributed by atoms with van der Waals surface area (Å²) in [5.41, 5.74) is 0.316. The number of aromatic hydroxyl groups is 1. The lowest BCUT2D eigenvalue weighted by atomic mass is 10.1. The smallest absolute Gasteiger partial charge is 0.256 e. The Labute approximate surface area is 90.8 Å². The van der Waals surface area contributed by atoms with Gasteiger partial charge in [-0.3, -0.25) is 10.2 Å². The van der Waals surface area contributed by atoms with Crippen LogP contribution < -0.4 is 10.9 Å². The summed E-state index contributed by atoms with van der Waals surface area (Å²) < 4.78 is 5.14. The number of carbonyl (C=O) groups is 1. The fourth-order valence-corrected chi connectivity index (χ4v) is 1.42. The van der Waals surface area contributed by atoms with Gasteiger partial charge >= 0.3 is 0 Å². The van der Waals surface area contributed by atoms with Crippen molar-refractivity contribution in [3.8, 4) is 5.75 Å². The molecule has 5 nitrogen and oxygen atoms in total. The standard InChI is InChI=1S/C11H10N2O3/c1-13-11(15)8-4-6-2-3-7(14)5-9(6)16-10(8)12/h2-5,12,14H,1H3,(H,13,15). The van der Waals surface area contributed by atoms with Crippen molar-refractivity contribution < 1.29 is 14.3 Å². The van der Waals surface area contributed by atoms with Gasteiger partial charge in [0.15, 0.2) is 0 Å². The maximum Gasteiger partial charge on any atom is 0.256 e. The third kappa shape index (κ3) is 1.63. The zero-order valence-electron chi connectivity index (χ0n) is 8.57. The van der Waals surface area contributed by atoms with Crippen LogP contribution in [0.1, 0.15) is 10.4 Å². The van der Waals surface area contributed by atoms with E-state index in [1.807, 2.05) is 0 Å². The first-order valence-corrected chi connectivity index (χ1v) is 4.65. The molecule has 1 amide bonds.